The van der Waals surface area contributed by atoms with Gasteiger partial charge in [-0.15, -0.1) is 0 Å². The van der Waals surface area contributed by atoms with E-state index in [2.05, 4.69) is 22.9 Å². The molecule has 0 bridgehead atoms. The highest BCUT2D eigenvalue weighted by Crippen LogP contribution is 2.13. The second-order valence-electron chi connectivity index (χ2n) is 2.83. The van der Waals surface area contributed by atoms with E-state index in [1.165, 1.54) is 0 Å². The van der Waals surface area contributed by atoms with Crippen LogP contribution in [-0.2, 0) is 0 Å². The minimum Gasteiger partial charge on any atom is -0.369 e. The lowest BCUT2D eigenvalue weighted by Crippen LogP contribution is -2.09. The smallest absolute Gasteiger partial charge is 0.166 e. The van der Waals surface area contributed by atoms with Crippen LogP contribution < -0.4 is 5.32 Å². The number of hydrogen-bond donors (Lipinski definition) is 2. The molecule has 1 heterocycles. The molecule has 0 radical (unpaired) electrons. The molecule has 0 aliphatic rings. The van der Waals surface area contributed by atoms with Gasteiger partial charge in [-0.2, -0.15) is 12.6 Å². The van der Waals surface area contributed by atoms with E-state index in [0.717, 1.165) is 5.75 Å². The van der Waals surface area contributed by atoms with Crippen LogP contribution in [0.3, 0.4) is 0 Å². The summed E-state index contributed by atoms with van der Waals surface area (Å²) in [6, 6.07) is 3.56. The molecule has 0 unspecified atom stereocenters. The minimum absolute atomic E-state index is 0.111. The van der Waals surface area contributed by atoms with E-state index < -0.39 is 0 Å². The van der Waals surface area contributed by atoms with Crippen LogP contribution in [0.5, 0.6) is 0 Å². The van der Waals surface area contributed by atoms with Gasteiger partial charge >= 0.3 is 0 Å². The number of carbonyl (C=O) groups is 1. The summed E-state index contributed by atoms with van der Waals surface area (Å²) in [6.45, 7) is 2.56. The number of aromatic nitrogens is 1. The molecule has 1 aromatic heterocycles. The summed E-state index contributed by atoms with van der Waals surface area (Å²) in [5.74, 6) is 1.49. The molecule has 0 atom stereocenters. The maximum atomic E-state index is 11.5. The lowest BCUT2D eigenvalue weighted by molar-refractivity contribution is 0.0988. The third-order valence-corrected chi connectivity index (χ3v) is 2.06. The highest BCUT2D eigenvalue weighted by Gasteiger charge is 2.08. The van der Waals surface area contributed by atoms with Crippen molar-refractivity contribution in [3.05, 3.63) is 23.9 Å². The fraction of sp³-hybridized carbons (Fsp3) is 0.400. The van der Waals surface area contributed by atoms with Crippen LogP contribution in [0.1, 0.15) is 23.7 Å². The van der Waals surface area contributed by atoms with E-state index in [0.29, 0.717) is 24.3 Å². The van der Waals surface area contributed by atoms with Gasteiger partial charge in [-0.1, -0.05) is 6.92 Å². The zero-order valence-electron chi connectivity index (χ0n) is 8.16. The van der Waals surface area contributed by atoms with Crippen LogP contribution in [0.4, 0.5) is 5.82 Å². The molecule has 0 aliphatic carbocycles. The Morgan fingerprint density at radius 3 is 3.07 bits per heavy atom. The van der Waals surface area contributed by atoms with Crippen LogP contribution >= 0.6 is 12.6 Å². The molecule has 1 N–H and O–H groups in total. The number of hydrogen-bond acceptors (Lipinski definition) is 4. The van der Waals surface area contributed by atoms with Gasteiger partial charge in [0.25, 0.3) is 0 Å². The van der Waals surface area contributed by atoms with Gasteiger partial charge in [0.15, 0.2) is 5.78 Å². The first-order valence-electron chi connectivity index (χ1n) is 4.62. The average Bonchev–Trinajstić information content (AvgIpc) is 2.25. The summed E-state index contributed by atoms with van der Waals surface area (Å²) in [7, 11) is 0. The number of thiol groups is 1. The lowest BCUT2D eigenvalue weighted by Gasteiger charge is -2.07. The maximum absolute atomic E-state index is 11.5. The fourth-order valence-corrected chi connectivity index (χ4v) is 1.25. The van der Waals surface area contributed by atoms with Crippen LogP contribution in [0, 0.1) is 0 Å². The van der Waals surface area contributed by atoms with Crippen molar-refractivity contribution in [2.75, 3.05) is 17.6 Å². The van der Waals surface area contributed by atoms with Crippen LogP contribution in [-0.4, -0.2) is 23.1 Å². The zero-order valence-corrected chi connectivity index (χ0v) is 9.05. The number of anilines is 1. The Balaban J connectivity index is 2.85. The van der Waals surface area contributed by atoms with E-state index >= 15 is 0 Å². The minimum atomic E-state index is 0.111. The number of nitrogens with zero attached hydrogens (tertiary/aromatic N) is 1. The molecular formula is C10H14N2OS. The van der Waals surface area contributed by atoms with Gasteiger partial charge in [0.05, 0.1) is 5.56 Å². The van der Waals surface area contributed by atoms with Crippen molar-refractivity contribution in [2.24, 2.45) is 0 Å². The molecule has 0 amide bonds. The largest absolute Gasteiger partial charge is 0.369 e. The summed E-state index contributed by atoms with van der Waals surface area (Å²) in [5, 5.41) is 3.07. The van der Waals surface area contributed by atoms with Gasteiger partial charge in [0.1, 0.15) is 5.82 Å². The Labute approximate surface area is 89.3 Å². The number of nitrogens with one attached hydrogen (secondary N) is 1. The maximum Gasteiger partial charge on any atom is 0.166 e. The van der Waals surface area contributed by atoms with Gasteiger partial charge in [-0.05, 0) is 12.1 Å². The Bertz CT molecular complexity index is 315. The summed E-state index contributed by atoms with van der Waals surface area (Å²) >= 11 is 4.08. The van der Waals surface area contributed by atoms with E-state index in [9.17, 15) is 4.79 Å². The van der Waals surface area contributed by atoms with Crippen molar-refractivity contribution in [3.63, 3.8) is 0 Å². The predicted molar refractivity (Wildman–Crippen MR) is 61.2 cm³/mol. The molecule has 0 saturated heterocycles. The topological polar surface area (TPSA) is 42.0 Å². The molecule has 76 valence electrons. The van der Waals surface area contributed by atoms with E-state index in [4.69, 9.17) is 0 Å². The van der Waals surface area contributed by atoms with Crippen LogP contribution in [0.2, 0.25) is 0 Å². The third-order valence-electron chi connectivity index (χ3n) is 1.83. The standard InChI is InChI=1S/C10H14N2OS/c1-2-9(13)8-4-3-5-11-10(8)12-6-7-14/h3-5,14H,2,6-7H2,1H3,(H,11,12). The fourth-order valence-electron chi connectivity index (χ4n) is 1.14. The highest BCUT2D eigenvalue weighted by molar-refractivity contribution is 7.80. The first-order valence-corrected chi connectivity index (χ1v) is 5.25. The van der Waals surface area contributed by atoms with Gasteiger partial charge < -0.3 is 5.32 Å². The molecule has 4 heteroatoms. The molecule has 0 aliphatic heterocycles. The van der Waals surface area contributed by atoms with Crippen molar-refractivity contribution in [2.45, 2.75) is 13.3 Å². The van der Waals surface area contributed by atoms with Gasteiger partial charge in [-0.3, -0.25) is 4.79 Å². The number of carbonyl (C=O) groups excluding carboxylic acids is 1. The lowest BCUT2D eigenvalue weighted by atomic mass is 10.1. The number of rotatable bonds is 5. The van der Waals surface area contributed by atoms with Crippen molar-refractivity contribution in [3.8, 4) is 0 Å². The first kappa shape index (κ1) is 11.0. The van der Waals surface area contributed by atoms with Gasteiger partial charge in [0.2, 0.25) is 0 Å². The SMILES string of the molecule is CCC(=O)c1cccnc1NCCS. The number of pyridine rings is 1. The van der Waals surface area contributed by atoms with Crippen molar-refractivity contribution < 1.29 is 4.79 Å². The predicted octanol–water partition coefficient (Wildman–Crippen LogP) is 2.02. The van der Waals surface area contributed by atoms with Gasteiger partial charge in [-0.25, -0.2) is 4.98 Å². The second-order valence-corrected chi connectivity index (χ2v) is 3.27. The van der Waals surface area contributed by atoms with E-state index in [1.54, 1.807) is 18.3 Å². The molecule has 1 rings (SSSR count). The monoisotopic (exact) mass is 210 g/mol. The molecule has 0 fully saturated rings. The Kier molecular flexibility index (Phi) is 4.46. The van der Waals surface area contributed by atoms with E-state index in [1.807, 2.05) is 6.92 Å². The summed E-state index contributed by atoms with van der Waals surface area (Å²) in [5.41, 5.74) is 0.664. The first-order chi connectivity index (χ1) is 6.79. The summed E-state index contributed by atoms with van der Waals surface area (Å²) in [6.07, 6.45) is 2.18. The normalized spacial score (nSPS) is 9.86. The van der Waals surface area contributed by atoms with E-state index in [-0.39, 0.29) is 5.78 Å². The molecular weight excluding hydrogens is 196 g/mol. The van der Waals surface area contributed by atoms with Crippen molar-refractivity contribution in [1.82, 2.24) is 4.98 Å². The molecule has 0 aromatic carbocycles. The average molecular weight is 210 g/mol. The Morgan fingerprint density at radius 2 is 2.43 bits per heavy atom. The van der Waals surface area contributed by atoms with Crippen LogP contribution in [0.25, 0.3) is 0 Å². The zero-order chi connectivity index (χ0) is 10.4. The summed E-state index contributed by atoms with van der Waals surface area (Å²) < 4.78 is 0. The molecule has 0 saturated carbocycles. The highest BCUT2D eigenvalue weighted by atomic mass is 32.1. The van der Waals surface area contributed by atoms with Gasteiger partial charge in [0, 0.05) is 24.9 Å². The molecule has 1 aromatic rings. The second kappa shape index (κ2) is 5.65. The number of Topliss-reactive ketones (excluding diaryl/α,β-unsaturated/α-hetero) is 1. The Hall–Kier alpha value is -1.03. The quantitative estimate of drug-likeness (QED) is 0.577. The third kappa shape index (κ3) is 2.73. The molecule has 14 heavy (non-hydrogen) atoms. The summed E-state index contributed by atoms with van der Waals surface area (Å²) in [4.78, 5) is 15.6. The molecule has 0 spiro atoms. The van der Waals surface area contributed by atoms with Crippen molar-refractivity contribution in [1.29, 1.82) is 0 Å². The molecule has 3 nitrogen and oxygen atoms in total. The Morgan fingerprint density at radius 1 is 1.64 bits per heavy atom. The number of ketones is 1. The van der Waals surface area contributed by atoms with Crippen LogP contribution in [0.15, 0.2) is 18.3 Å². The van der Waals surface area contributed by atoms with Crippen molar-refractivity contribution >= 4 is 24.2 Å².